The Balaban J connectivity index is 0. The van der Waals surface area contributed by atoms with Gasteiger partial charge in [-0.2, -0.15) is 0 Å². The van der Waals surface area contributed by atoms with Gasteiger partial charge in [-0.1, -0.05) is 110 Å². The van der Waals surface area contributed by atoms with Crippen molar-refractivity contribution >= 4 is 10.1 Å². The normalized spacial score (nSPS) is 13.9. The van der Waals surface area contributed by atoms with Gasteiger partial charge in [-0.05, 0) is 12.8 Å². The first-order valence-corrected chi connectivity index (χ1v) is 12.5. The molecule has 6 heteroatoms. The Hall–Kier alpha value is 1.51. The second kappa shape index (κ2) is 20.8. The molecule has 2 atom stereocenters. The van der Waals surface area contributed by atoms with Crippen LogP contribution in [0, 0.1) is 0 Å². The van der Waals surface area contributed by atoms with E-state index in [4.69, 9.17) is 0 Å². The molecule has 27 heavy (non-hydrogen) atoms. The van der Waals surface area contributed by atoms with Gasteiger partial charge in [-0.3, -0.25) is 0 Å². The molecule has 2 unspecified atom stereocenters. The molecule has 4 nitrogen and oxygen atoms in total. The Morgan fingerprint density at radius 3 is 1.41 bits per heavy atom. The Morgan fingerprint density at radius 2 is 1.00 bits per heavy atom. The van der Waals surface area contributed by atoms with Crippen molar-refractivity contribution in [3.8, 4) is 0 Å². The van der Waals surface area contributed by atoms with Crippen molar-refractivity contribution in [3.05, 3.63) is 0 Å². The Labute approximate surface area is 211 Å². The van der Waals surface area contributed by atoms with Crippen molar-refractivity contribution in [2.45, 2.75) is 134 Å². The maximum atomic E-state index is 11.4. The zero-order chi connectivity index (χ0) is 19.7. The van der Waals surface area contributed by atoms with Gasteiger partial charge >= 0.3 is 51.4 Å². The predicted molar refractivity (Wildman–Crippen MR) is 109 cm³/mol. The molecule has 0 aromatic rings. The third-order valence-corrected chi connectivity index (χ3v) is 6.54. The fourth-order valence-electron chi connectivity index (χ4n) is 3.50. The van der Waals surface area contributed by atoms with Crippen molar-refractivity contribution in [3.63, 3.8) is 0 Å². The first-order chi connectivity index (χ1) is 12.4. The molecule has 158 valence electrons. The molecule has 0 radical (unpaired) electrons. The molecule has 0 aliphatic heterocycles. The van der Waals surface area contributed by atoms with Gasteiger partial charge in [0.05, 0.1) is 11.4 Å². The number of unbranched alkanes of at least 4 members (excludes halogenated alkanes) is 13. The number of rotatable bonds is 19. The quantitative estimate of drug-likeness (QED) is 0.194. The van der Waals surface area contributed by atoms with E-state index in [1.807, 2.05) is 0 Å². The molecule has 0 spiro atoms. The maximum Gasteiger partial charge on any atom is 1.00 e. The second-order valence-corrected chi connectivity index (χ2v) is 9.36. The Morgan fingerprint density at radius 1 is 0.667 bits per heavy atom. The van der Waals surface area contributed by atoms with Gasteiger partial charge in [0.15, 0.2) is 0 Å². The molecular formula is C21H43KO4S. The van der Waals surface area contributed by atoms with Crippen molar-refractivity contribution < 1.29 is 69.5 Å². The van der Waals surface area contributed by atoms with Crippen LogP contribution in [0.5, 0.6) is 0 Å². The van der Waals surface area contributed by atoms with E-state index in [9.17, 15) is 18.1 Å². The van der Waals surface area contributed by atoms with Gasteiger partial charge in [0.25, 0.3) is 0 Å². The van der Waals surface area contributed by atoms with Crippen molar-refractivity contribution in [1.29, 1.82) is 0 Å². The Kier molecular flexibility index (Phi) is 23.6. The van der Waals surface area contributed by atoms with E-state index in [2.05, 4.69) is 13.8 Å². The van der Waals surface area contributed by atoms with Crippen LogP contribution in [0.25, 0.3) is 0 Å². The van der Waals surface area contributed by atoms with Crippen LogP contribution >= 0.6 is 0 Å². The molecule has 1 N–H and O–H groups in total. The van der Waals surface area contributed by atoms with Gasteiger partial charge < -0.3 is 9.66 Å². The third kappa shape index (κ3) is 19.2. The first kappa shape index (κ1) is 30.7. The second-order valence-electron chi connectivity index (χ2n) is 7.77. The van der Waals surface area contributed by atoms with Gasteiger partial charge in [-0.25, -0.2) is 8.42 Å². The van der Waals surface area contributed by atoms with E-state index < -0.39 is 21.5 Å². The first-order valence-electron chi connectivity index (χ1n) is 11.1. The number of aliphatic hydroxyl groups excluding tert-OH is 1. The van der Waals surface area contributed by atoms with Crippen LogP contribution in [0.3, 0.4) is 0 Å². The summed E-state index contributed by atoms with van der Waals surface area (Å²) in [5, 5.41) is 9.04. The molecule has 0 aromatic heterocycles. The summed E-state index contributed by atoms with van der Waals surface area (Å²) in [5.41, 5.74) is 0. The molecule has 0 amide bonds. The molecule has 0 aliphatic carbocycles. The van der Waals surface area contributed by atoms with Crippen LogP contribution in [0.15, 0.2) is 0 Å². The van der Waals surface area contributed by atoms with Crippen LogP contribution in [-0.4, -0.2) is 29.4 Å². The summed E-state index contributed by atoms with van der Waals surface area (Å²) >= 11 is 0. The molecule has 0 saturated carbocycles. The number of hydrogen-bond donors (Lipinski definition) is 1. The molecule has 0 rings (SSSR count). The fraction of sp³-hybridized carbons (Fsp3) is 1.00. The minimum absolute atomic E-state index is 0. The van der Waals surface area contributed by atoms with Crippen LogP contribution in [0.1, 0.15) is 123 Å². The zero-order valence-corrected chi connectivity index (χ0v) is 22.2. The van der Waals surface area contributed by atoms with Crippen molar-refractivity contribution in [2.75, 3.05) is 0 Å². The SMILES string of the molecule is CCCCCCCCCCCCCC(O)C(CCCCCC)S(=O)(=O)[O-].[K+]. The van der Waals surface area contributed by atoms with E-state index in [-0.39, 0.29) is 51.4 Å². The molecular weight excluding hydrogens is 387 g/mol. The molecule has 0 heterocycles. The third-order valence-electron chi connectivity index (χ3n) is 5.25. The average molecular weight is 431 g/mol. The Bertz CT molecular complexity index is 401. The molecule has 0 bridgehead atoms. The number of hydrogen-bond acceptors (Lipinski definition) is 4. The van der Waals surface area contributed by atoms with E-state index >= 15 is 0 Å². The van der Waals surface area contributed by atoms with E-state index in [1.54, 1.807) is 0 Å². The average Bonchev–Trinajstić information content (AvgIpc) is 2.58. The topological polar surface area (TPSA) is 77.4 Å². The summed E-state index contributed by atoms with van der Waals surface area (Å²) in [7, 11) is -4.42. The minimum Gasteiger partial charge on any atom is -0.748 e. The maximum absolute atomic E-state index is 11.4. The van der Waals surface area contributed by atoms with Gasteiger partial charge in [0, 0.05) is 0 Å². The van der Waals surface area contributed by atoms with Gasteiger partial charge in [0.2, 0.25) is 0 Å². The summed E-state index contributed by atoms with van der Waals surface area (Å²) in [5.74, 6) is 0. The monoisotopic (exact) mass is 430 g/mol. The van der Waals surface area contributed by atoms with Crippen molar-refractivity contribution in [2.24, 2.45) is 0 Å². The molecule has 0 fully saturated rings. The van der Waals surface area contributed by atoms with Crippen molar-refractivity contribution in [1.82, 2.24) is 0 Å². The van der Waals surface area contributed by atoms with E-state index in [0.29, 0.717) is 19.3 Å². The van der Waals surface area contributed by atoms with Gasteiger partial charge in [0.1, 0.15) is 10.1 Å². The molecule has 0 saturated heterocycles. The fourth-order valence-corrected chi connectivity index (χ4v) is 4.48. The zero-order valence-electron chi connectivity index (χ0n) is 18.3. The summed E-state index contributed by atoms with van der Waals surface area (Å²) in [6, 6.07) is 0. The van der Waals surface area contributed by atoms with E-state index in [1.165, 1.54) is 51.4 Å². The summed E-state index contributed by atoms with van der Waals surface area (Å²) in [6.07, 6.45) is 16.9. The van der Waals surface area contributed by atoms with Crippen LogP contribution in [0.4, 0.5) is 0 Å². The predicted octanol–water partition coefficient (Wildman–Crippen LogP) is 2.94. The van der Waals surface area contributed by atoms with Crippen LogP contribution < -0.4 is 51.4 Å². The van der Waals surface area contributed by atoms with E-state index in [0.717, 1.165) is 38.5 Å². The van der Waals surface area contributed by atoms with Crippen LogP contribution in [-0.2, 0) is 10.1 Å². The summed E-state index contributed by atoms with van der Waals surface area (Å²) in [6.45, 7) is 4.32. The molecule has 0 aliphatic rings. The summed E-state index contributed by atoms with van der Waals surface area (Å²) in [4.78, 5) is 0. The van der Waals surface area contributed by atoms with Gasteiger partial charge in [-0.15, -0.1) is 0 Å². The number of aliphatic hydroxyl groups is 1. The smallest absolute Gasteiger partial charge is 0.748 e. The summed E-state index contributed by atoms with van der Waals surface area (Å²) < 4.78 is 34.3. The largest absolute Gasteiger partial charge is 1.00 e. The van der Waals surface area contributed by atoms with Crippen LogP contribution in [0.2, 0.25) is 0 Å². The molecule has 0 aromatic carbocycles. The standard InChI is InChI=1S/C21H44O4S.K/c1-3-5-7-9-10-11-12-13-14-15-16-18-20(22)21(26(23,24)25)19-17-8-6-4-2;/h20-22H,3-19H2,1-2H3,(H,23,24,25);/q;+1/p-1. The minimum atomic E-state index is -4.42.